The van der Waals surface area contributed by atoms with Crippen molar-refractivity contribution < 1.29 is 19.5 Å². The standard InChI is InChI=1S/C22H24N3O5/c1-2-23-9-11-24(12-10-23)14-18-19(26)8-7-17-21(27)20(30-22(17)18)13-15-3-5-16(6-4-15)25(28)29/h3-8,13H,2,9-12,14H2,1H3,(H2-,26,27,28,29)/q-1. The van der Waals surface area contributed by atoms with Gasteiger partial charge in [-0.3, -0.25) is 4.90 Å². The van der Waals surface area contributed by atoms with Gasteiger partial charge >= 0.3 is 0 Å². The first-order valence-corrected chi connectivity index (χ1v) is 9.96. The highest BCUT2D eigenvalue weighted by molar-refractivity contribution is 6.03. The van der Waals surface area contributed by atoms with Crippen molar-refractivity contribution in [1.82, 2.24) is 9.80 Å². The van der Waals surface area contributed by atoms with E-state index in [1.165, 1.54) is 12.2 Å². The second-order valence-corrected chi connectivity index (χ2v) is 7.46. The van der Waals surface area contributed by atoms with Crippen molar-refractivity contribution in [1.29, 1.82) is 0 Å². The monoisotopic (exact) mass is 410 g/mol. The largest absolute Gasteiger partial charge is 0.612 e. The van der Waals surface area contributed by atoms with Crippen LogP contribution in [0.4, 0.5) is 0 Å². The molecule has 2 N–H and O–H groups in total. The fourth-order valence-electron chi connectivity index (χ4n) is 3.79. The number of phenols is 1. The normalized spacial score (nSPS) is 17.8. The van der Waals surface area contributed by atoms with Gasteiger partial charge in [0.05, 0.1) is 10.9 Å². The Morgan fingerprint density at radius 1 is 1.03 bits per heavy atom. The van der Waals surface area contributed by atoms with Crippen molar-refractivity contribution in [2.24, 2.45) is 0 Å². The van der Waals surface area contributed by atoms with Crippen LogP contribution in [0, 0.1) is 10.4 Å². The second-order valence-electron chi connectivity index (χ2n) is 7.46. The van der Waals surface area contributed by atoms with Crippen molar-refractivity contribution in [2.45, 2.75) is 13.5 Å². The van der Waals surface area contributed by atoms with E-state index in [4.69, 9.17) is 4.42 Å². The lowest BCUT2D eigenvalue weighted by atomic mass is 10.1. The Morgan fingerprint density at radius 2 is 1.70 bits per heavy atom. The molecule has 1 aromatic heterocycles. The van der Waals surface area contributed by atoms with Crippen LogP contribution in [0.15, 0.2) is 46.4 Å². The molecule has 0 saturated carbocycles. The smallest absolute Gasteiger partial charge is 0.222 e. The lowest BCUT2D eigenvalue weighted by Crippen LogP contribution is -2.45. The summed E-state index contributed by atoms with van der Waals surface area (Å²) in [5.74, 6) is 0.373. The van der Waals surface area contributed by atoms with E-state index >= 15 is 0 Å². The Morgan fingerprint density at radius 3 is 2.33 bits per heavy atom. The number of allylic oxidation sites excluding steroid dienone is 5. The summed E-state index contributed by atoms with van der Waals surface area (Å²) in [5, 5.41) is 43.3. The summed E-state index contributed by atoms with van der Waals surface area (Å²) >= 11 is 0. The fourth-order valence-corrected chi connectivity index (χ4v) is 3.79. The SMILES string of the molecule is CCN1CCN(Cc2c(O)ccc3c(O)c(C=C4C=CC(=[N+]([O-])[O-])C=C4)oc23)CC1. The van der Waals surface area contributed by atoms with Crippen molar-refractivity contribution >= 4 is 22.8 Å². The van der Waals surface area contributed by atoms with E-state index in [2.05, 4.69) is 16.7 Å². The summed E-state index contributed by atoms with van der Waals surface area (Å²) in [6.45, 7) is 7.48. The zero-order valence-electron chi connectivity index (χ0n) is 16.7. The quantitative estimate of drug-likeness (QED) is 0.589. The highest BCUT2D eigenvalue weighted by Crippen LogP contribution is 2.39. The number of likely N-dealkylation sites (N-methyl/N-ethyl adjacent to an activating group) is 1. The van der Waals surface area contributed by atoms with Crippen LogP contribution in [0.5, 0.6) is 11.5 Å². The van der Waals surface area contributed by atoms with E-state index in [1.54, 1.807) is 30.4 Å². The van der Waals surface area contributed by atoms with Crippen LogP contribution in [0.2, 0.25) is 0 Å². The van der Waals surface area contributed by atoms with E-state index in [0.29, 0.717) is 28.7 Å². The number of aromatic hydroxyl groups is 2. The van der Waals surface area contributed by atoms with Crippen LogP contribution in [0.25, 0.3) is 17.0 Å². The van der Waals surface area contributed by atoms with Crippen molar-refractivity contribution in [2.75, 3.05) is 32.7 Å². The minimum absolute atomic E-state index is 0.00337. The molecule has 4 rings (SSSR count). The van der Waals surface area contributed by atoms with Crippen LogP contribution < -0.4 is 0 Å². The Labute approximate surface area is 174 Å². The molecule has 8 nitrogen and oxygen atoms in total. The molecule has 30 heavy (non-hydrogen) atoms. The maximum absolute atomic E-state index is 10.8. The van der Waals surface area contributed by atoms with E-state index in [1.807, 2.05) is 0 Å². The summed E-state index contributed by atoms with van der Waals surface area (Å²) in [7, 11) is 0. The summed E-state index contributed by atoms with van der Waals surface area (Å²) in [6, 6.07) is 3.21. The Balaban J connectivity index is 1.63. The molecule has 2 heterocycles. The van der Waals surface area contributed by atoms with Crippen LogP contribution in [0.3, 0.4) is 0 Å². The van der Waals surface area contributed by atoms with Gasteiger partial charge in [0.25, 0.3) is 0 Å². The van der Waals surface area contributed by atoms with Gasteiger partial charge in [-0.1, -0.05) is 6.92 Å². The maximum Gasteiger partial charge on any atom is 0.222 e. The first kappa shape index (κ1) is 20.1. The van der Waals surface area contributed by atoms with E-state index in [-0.39, 0.29) is 23.0 Å². The van der Waals surface area contributed by atoms with Gasteiger partial charge < -0.3 is 29.9 Å². The van der Waals surface area contributed by atoms with Gasteiger partial charge in [-0.05, 0) is 42.5 Å². The molecule has 2 aliphatic rings. The third-order valence-electron chi connectivity index (χ3n) is 5.63. The number of benzene rings is 1. The molecule has 1 fully saturated rings. The van der Waals surface area contributed by atoms with Gasteiger partial charge in [0.2, 0.25) is 5.71 Å². The first-order valence-electron chi connectivity index (χ1n) is 9.96. The minimum atomic E-state index is -0.460. The van der Waals surface area contributed by atoms with Gasteiger partial charge in [0.1, 0.15) is 11.3 Å². The highest BCUT2D eigenvalue weighted by atomic mass is 16.8. The fraction of sp³-hybridized carbons (Fsp3) is 0.318. The Hall–Kier alpha value is -3.23. The summed E-state index contributed by atoms with van der Waals surface area (Å²) in [5.41, 5.74) is 1.77. The van der Waals surface area contributed by atoms with Crippen LogP contribution in [0.1, 0.15) is 18.2 Å². The lowest BCUT2D eigenvalue weighted by Gasteiger charge is -2.34. The minimum Gasteiger partial charge on any atom is -0.612 e. The molecule has 8 heteroatoms. The molecule has 1 aliphatic carbocycles. The van der Waals surface area contributed by atoms with Gasteiger partial charge in [-0.15, -0.1) is 0 Å². The maximum atomic E-state index is 10.8. The molecule has 0 radical (unpaired) electrons. The van der Waals surface area contributed by atoms with Crippen molar-refractivity contribution in [3.05, 3.63) is 63.7 Å². The predicted octanol–water partition coefficient (Wildman–Crippen LogP) is 2.94. The molecule has 1 saturated heterocycles. The molecule has 1 aliphatic heterocycles. The Kier molecular flexibility index (Phi) is 5.52. The molecule has 158 valence electrons. The highest BCUT2D eigenvalue weighted by Gasteiger charge is 2.22. The molecule has 0 amide bonds. The second kappa shape index (κ2) is 8.25. The first-order chi connectivity index (χ1) is 14.5. The number of phenolic OH excluding ortho intramolecular Hbond substituents is 1. The van der Waals surface area contributed by atoms with Crippen molar-refractivity contribution in [3.8, 4) is 11.5 Å². The summed E-state index contributed by atoms with van der Waals surface area (Å²) in [4.78, 5) is 4.19. The lowest BCUT2D eigenvalue weighted by molar-refractivity contribution is -0.377. The number of nitrogens with zero attached hydrogens (tertiary/aromatic N) is 3. The van der Waals surface area contributed by atoms with Crippen LogP contribution >= 0.6 is 0 Å². The Bertz CT molecular complexity index is 1050. The van der Waals surface area contributed by atoms with Crippen LogP contribution in [-0.4, -0.2) is 63.4 Å². The van der Waals surface area contributed by atoms with Gasteiger partial charge in [-0.25, -0.2) is 0 Å². The molecule has 0 unspecified atom stereocenters. The molecule has 0 atom stereocenters. The number of furan rings is 1. The average molecular weight is 410 g/mol. The number of piperazine rings is 1. The molecule has 0 bridgehead atoms. The summed E-state index contributed by atoms with van der Waals surface area (Å²) < 4.78 is 5.94. The molecule has 2 aromatic rings. The zero-order chi connectivity index (χ0) is 21.3. The van der Waals surface area contributed by atoms with Gasteiger partial charge in [0.15, 0.2) is 11.5 Å². The number of fused-ring (bicyclic) bond motifs is 1. The number of rotatable bonds is 4. The summed E-state index contributed by atoms with van der Waals surface area (Å²) in [6.07, 6.45) is 7.62. The molecule has 0 spiro atoms. The number of hydrogen-bond donors (Lipinski definition) is 2. The topological polar surface area (TPSA) is 109 Å². The molecule has 1 aromatic carbocycles. The zero-order valence-corrected chi connectivity index (χ0v) is 16.7. The molecular formula is C22H24N3O5-. The third kappa shape index (κ3) is 3.92. The van der Waals surface area contributed by atoms with Gasteiger partial charge in [0, 0.05) is 44.9 Å². The van der Waals surface area contributed by atoms with E-state index in [0.717, 1.165) is 32.7 Å². The third-order valence-corrected chi connectivity index (χ3v) is 5.63. The van der Waals surface area contributed by atoms with Crippen molar-refractivity contribution in [3.63, 3.8) is 0 Å². The van der Waals surface area contributed by atoms with Gasteiger partial charge in [-0.2, -0.15) is 4.90 Å². The average Bonchev–Trinajstić information content (AvgIpc) is 3.06. The van der Waals surface area contributed by atoms with E-state index in [9.17, 15) is 20.6 Å². The van der Waals surface area contributed by atoms with Crippen LogP contribution in [-0.2, 0) is 6.54 Å². The molecular weight excluding hydrogens is 386 g/mol. The van der Waals surface area contributed by atoms with E-state index < -0.39 is 4.90 Å². The number of hydrogen-bond acceptors (Lipinski definition) is 7. The predicted molar refractivity (Wildman–Crippen MR) is 115 cm³/mol.